The van der Waals surface area contributed by atoms with Gasteiger partial charge in [0.1, 0.15) is 5.75 Å². The summed E-state index contributed by atoms with van der Waals surface area (Å²) < 4.78 is 19.5. The fourth-order valence-corrected chi connectivity index (χ4v) is 5.37. The van der Waals surface area contributed by atoms with Crippen LogP contribution in [-0.4, -0.2) is 12.1 Å². The number of halogens is 1. The summed E-state index contributed by atoms with van der Waals surface area (Å²) in [6.45, 7) is 5.88. The molecule has 0 radical (unpaired) electrons. The number of hydrogen-bond acceptors (Lipinski definition) is 2. The molecule has 198 valence electrons. The van der Waals surface area contributed by atoms with Crippen LogP contribution in [0, 0.1) is 11.8 Å². The van der Waals surface area contributed by atoms with Crippen molar-refractivity contribution in [2.24, 2.45) is 11.8 Å². The number of hydrogen-bond donors (Lipinski definition) is 0. The van der Waals surface area contributed by atoms with Crippen LogP contribution in [0.2, 0.25) is 0 Å². The minimum atomic E-state index is -1.59. The number of ether oxygens (including phenoxy) is 1. The lowest BCUT2D eigenvalue weighted by Crippen LogP contribution is -2.27. The van der Waals surface area contributed by atoms with Crippen molar-refractivity contribution in [2.75, 3.05) is 0 Å². The molecule has 1 fully saturated rings. The van der Waals surface area contributed by atoms with E-state index in [1.807, 2.05) is 19.1 Å². The van der Waals surface area contributed by atoms with Gasteiger partial charge in [0.05, 0.1) is 0 Å². The Bertz CT molecular complexity index is 914. The van der Waals surface area contributed by atoms with Gasteiger partial charge in [-0.1, -0.05) is 115 Å². The van der Waals surface area contributed by atoms with Crippen LogP contribution in [0.25, 0.3) is 11.1 Å². The number of carbonyl (C=O) groups excluding carboxylic acids is 1. The van der Waals surface area contributed by atoms with Gasteiger partial charge in [-0.2, -0.15) is 0 Å². The summed E-state index contributed by atoms with van der Waals surface area (Å²) in [4.78, 5) is 12.1. The van der Waals surface area contributed by atoms with Gasteiger partial charge < -0.3 is 4.74 Å². The third kappa shape index (κ3) is 8.75. The zero-order valence-electron chi connectivity index (χ0n) is 22.9. The van der Waals surface area contributed by atoms with Gasteiger partial charge in [-0.3, -0.25) is 0 Å². The molecule has 2 aromatic rings. The summed E-state index contributed by atoms with van der Waals surface area (Å²) in [6.07, 6.45) is 16.0. The highest BCUT2D eigenvalue weighted by molar-refractivity contribution is 5.78. The maximum absolute atomic E-state index is 14.2. The van der Waals surface area contributed by atoms with Crippen LogP contribution in [0.15, 0.2) is 42.5 Å². The van der Waals surface area contributed by atoms with E-state index in [1.165, 1.54) is 87.3 Å². The van der Waals surface area contributed by atoms with E-state index in [2.05, 4.69) is 25.1 Å². The number of rotatable bonds is 14. The molecule has 2 nitrogen and oxygen atoms in total. The van der Waals surface area contributed by atoms with E-state index in [0.29, 0.717) is 12.2 Å². The van der Waals surface area contributed by atoms with Gasteiger partial charge in [-0.15, -0.1) is 0 Å². The molecule has 2 atom stereocenters. The van der Waals surface area contributed by atoms with Crippen LogP contribution in [0.3, 0.4) is 0 Å². The molecule has 2 aromatic carbocycles. The first-order valence-corrected chi connectivity index (χ1v) is 14.6. The highest BCUT2D eigenvalue weighted by Gasteiger charge is 2.25. The van der Waals surface area contributed by atoms with E-state index in [0.717, 1.165) is 24.3 Å². The Kier molecular flexibility index (Phi) is 12.0. The van der Waals surface area contributed by atoms with E-state index in [1.54, 1.807) is 19.1 Å². The van der Waals surface area contributed by atoms with E-state index in [-0.39, 0.29) is 5.92 Å². The normalized spacial score (nSPS) is 16.0. The first-order chi connectivity index (χ1) is 17.5. The Morgan fingerprint density at radius 2 is 1.67 bits per heavy atom. The zero-order valence-corrected chi connectivity index (χ0v) is 22.9. The third-order valence-electron chi connectivity index (χ3n) is 8.04. The highest BCUT2D eigenvalue weighted by atomic mass is 19.1. The largest absolute Gasteiger partial charge is 0.424 e. The maximum atomic E-state index is 14.2. The third-order valence-corrected chi connectivity index (χ3v) is 8.04. The van der Waals surface area contributed by atoms with Gasteiger partial charge in [0.2, 0.25) is 0 Å². The SMILES string of the molecule is CCCCCCCc1ccc(-c2ccc(OC(=O)C(F)C(C)CC)cc2)c(CCC2CCCCC2)c1. The molecular weight excluding hydrogens is 447 g/mol. The van der Waals surface area contributed by atoms with Crippen LogP contribution in [-0.2, 0) is 17.6 Å². The molecule has 36 heavy (non-hydrogen) atoms. The monoisotopic (exact) mass is 494 g/mol. The molecule has 0 heterocycles. The smallest absolute Gasteiger partial charge is 0.346 e. The minimum absolute atomic E-state index is 0.339. The van der Waals surface area contributed by atoms with E-state index in [4.69, 9.17) is 4.74 Å². The Morgan fingerprint density at radius 3 is 2.36 bits per heavy atom. The van der Waals surface area contributed by atoms with Crippen molar-refractivity contribution in [1.29, 1.82) is 0 Å². The van der Waals surface area contributed by atoms with Gasteiger partial charge in [0.25, 0.3) is 0 Å². The molecule has 0 aromatic heterocycles. The molecule has 0 spiro atoms. The first kappa shape index (κ1) is 28.4. The lowest BCUT2D eigenvalue weighted by Gasteiger charge is -2.22. The van der Waals surface area contributed by atoms with Gasteiger partial charge in [-0.05, 0) is 71.9 Å². The lowest BCUT2D eigenvalue weighted by atomic mass is 9.84. The van der Waals surface area contributed by atoms with Crippen molar-refractivity contribution >= 4 is 5.97 Å². The molecule has 0 aliphatic heterocycles. The maximum Gasteiger partial charge on any atom is 0.346 e. The van der Waals surface area contributed by atoms with Crippen LogP contribution < -0.4 is 4.74 Å². The van der Waals surface area contributed by atoms with Crippen molar-refractivity contribution in [3.63, 3.8) is 0 Å². The molecular formula is C33H47FO2. The van der Waals surface area contributed by atoms with Gasteiger partial charge in [0, 0.05) is 0 Å². The van der Waals surface area contributed by atoms with Crippen LogP contribution in [0.1, 0.15) is 109 Å². The summed E-state index contributed by atoms with van der Waals surface area (Å²) in [5.74, 6) is 0.120. The van der Waals surface area contributed by atoms with Gasteiger partial charge >= 0.3 is 5.97 Å². The summed E-state index contributed by atoms with van der Waals surface area (Å²) in [6, 6.07) is 14.6. The average molecular weight is 495 g/mol. The second-order valence-corrected chi connectivity index (χ2v) is 10.9. The van der Waals surface area contributed by atoms with Crippen molar-refractivity contribution in [1.82, 2.24) is 0 Å². The van der Waals surface area contributed by atoms with Gasteiger partial charge in [0.15, 0.2) is 6.17 Å². The molecule has 3 rings (SSSR count). The summed E-state index contributed by atoms with van der Waals surface area (Å²) in [7, 11) is 0. The molecule has 0 bridgehead atoms. The number of carbonyl (C=O) groups is 1. The van der Waals surface area contributed by atoms with Crippen molar-refractivity contribution < 1.29 is 13.9 Å². The van der Waals surface area contributed by atoms with Gasteiger partial charge in [-0.25, -0.2) is 9.18 Å². The predicted octanol–water partition coefficient (Wildman–Crippen LogP) is 9.67. The number of alkyl halides is 1. The predicted molar refractivity (Wildman–Crippen MR) is 149 cm³/mol. The zero-order chi connectivity index (χ0) is 25.8. The fourth-order valence-electron chi connectivity index (χ4n) is 5.37. The van der Waals surface area contributed by atoms with E-state index >= 15 is 0 Å². The fraction of sp³-hybridized carbons (Fsp3) is 0.606. The van der Waals surface area contributed by atoms with Crippen LogP contribution >= 0.6 is 0 Å². The number of aryl methyl sites for hydroxylation is 2. The second kappa shape index (κ2) is 15.2. The Labute approximate surface area is 219 Å². The van der Waals surface area contributed by atoms with E-state index in [9.17, 15) is 9.18 Å². The topological polar surface area (TPSA) is 26.3 Å². The highest BCUT2D eigenvalue weighted by Crippen LogP contribution is 2.32. The molecule has 1 aliphatic carbocycles. The summed E-state index contributed by atoms with van der Waals surface area (Å²) in [5.41, 5.74) is 5.26. The van der Waals surface area contributed by atoms with Crippen LogP contribution in [0.5, 0.6) is 5.75 Å². The van der Waals surface area contributed by atoms with Crippen molar-refractivity contribution in [3.05, 3.63) is 53.6 Å². The molecule has 1 saturated carbocycles. The minimum Gasteiger partial charge on any atom is -0.424 e. The molecule has 0 saturated heterocycles. The molecule has 3 heteroatoms. The van der Waals surface area contributed by atoms with Crippen LogP contribution in [0.4, 0.5) is 4.39 Å². The standard InChI is InChI=1S/C33H47FO2/c1-4-6-7-8-10-15-27-17-23-31(29(24-27)18-16-26-13-11-9-12-14-26)28-19-21-30(22-20-28)36-33(35)32(34)25(3)5-2/h17,19-26,32H,4-16,18H2,1-3H3. The molecule has 2 unspecified atom stereocenters. The number of esters is 1. The first-order valence-electron chi connectivity index (χ1n) is 14.6. The molecule has 0 N–H and O–H groups in total. The van der Waals surface area contributed by atoms with E-state index < -0.39 is 12.1 Å². The number of benzene rings is 2. The quantitative estimate of drug-likeness (QED) is 0.148. The number of unbranched alkanes of at least 4 members (excludes halogenated alkanes) is 4. The Hall–Kier alpha value is -2.16. The molecule has 1 aliphatic rings. The van der Waals surface area contributed by atoms with Crippen molar-refractivity contribution in [3.8, 4) is 16.9 Å². The Morgan fingerprint density at radius 1 is 0.944 bits per heavy atom. The Balaban J connectivity index is 1.71. The second-order valence-electron chi connectivity index (χ2n) is 10.9. The summed E-state index contributed by atoms with van der Waals surface area (Å²) >= 11 is 0. The lowest BCUT2D eigenvalue weighted by molar-refractivity contribution is -0.141. The van der Waals surface area contributed by atoms with Crippen molar-refractivity contribution in [2.45, 2.75) is 117 Å². The summed E-state index contributed by atoms with van der Waals surface area (Å²) in [5, 5.41) is 0. The average Bonchev–Trinajstić information content (AvgIpc) is 2.92. The molecule has 0 amide bonds.